The number of unbranched alkanes of at least 4 members (excludes halogenated alkanes) is 4. The molecule has 0 aliphatic rings. The van der Waals surface area contributed by atoms with Gasteiger partial charge in [0.05, 0.1) is 0 Å². The summed E-state index contributed by atoms with van der Waals surface area (Å²) in [7, 11) is -1.04. The molecule has 0 amide bonds. The Balaban J connectivity index is 4.38. The standard InChI is InChI=1S/C11H23Si.3CH3.Sn/c1-5-6-7-8-9-10-11-12(2,3)4;;;;/h10H,5-9H2,1-4H3;3*1H3;. The summed E-state index contributed by atoms with van der Waals surface area (Å²) in [6.45, 7) is 9.85. The molecule has 0 atom stereocenters. The SMILES string of the molecule is CCCCCC/C=[C](\[Si](C)(C)C)[Sn]([CH3])([CH3])[CH3]. The maximum absolute atomic E-state index is 2.65. The van der Waals surface area contributed by atoms with E-state index in [1.165, 1.54) is 32.1 Å². The molecule has 0 saturated heterocycles. The zero-order valence-corrected chi connectivity index (χ0v) is 16.5. The van der Waals surface area contributed by atoms with E-state index in [0.29, 0.717) is 0 Å². The van der Waals surface area contributed by atoms with Gasteiger partial charge in [0, 0.05) is 0 Å². The minimum absolute atomic E-state index is 1.04. The fourth-order valence-corrected chi connectivity index (χ4v) is 27.0. The summed E-state index contributed by atoms with van der Waals surface area (Å²) in [5.41, 5.74) is 0. The first kappa shape index (κ1) is 16.8. The van der Waals surface area contributed by atoms with Crippen molar-refractivity contribution in [3.8, 4) is 0 Å². The van der Waals surface area contributed by atoms with E-state index in [4.69, 9.17) is 0 Å². The molecular weight excluding hydrogens is 315 g/mol. The first-order chi connectivity index (χ1) is 7.19. The van der Waals surface area contributed by atoms with Gasteiger partial charge < -0.3 is 0 Å². The molecule has 0 aliphatic heterocycles. The van der Waals surface area contributed by atoms with Gasteiger partial charge in [-0.05, 0) is 0 Å². The Morgan fingerprint density at radius 3 is 1.94 bits per heavy atom. The molecule has 0 rings (SSSR count). The van der Waals surface area contributed by atoms with Crippen LogP contribution in [0.1, 0.15) is 39.0 Å². The Kier molecular flexibility index (Phi) is 7.59. The van der Waals surface area contributed by atoms with Crippen LogP contribution in [-0.4, -0.2) is 26.5 Å². The van der Waals surface area contributed by atoms with Gasteiger partial charge in [-0.1, -0.05) is 0 Å². The van der Waals surface area contributed by atoms with Crippen molar-refractivity contribution in [2.24, 2.45) is 0 Å². The number of hydrogen-bond acceptors (Lipinski definition) is 0. The molecule has 0 spiro atoms. The van der Waals surface area contributed by atoms with E-state index in [9.17, 15) is 0 Å². The third-order valence-corrected chi connectivity index (χ3v) is 21.5. The molecular formula is C14H32SiSn. The summed E-state index contributed by atoms with van der Waals surface area (Å²) in [5.74, 6) is 0. The molecule has 16 heavy (non-hydrogen) atoms. The second-order valence-electron chi connectivity index (χ2n) is 6.97. The Hall–Kier alpha value is 0.756. The van der Waals surface area contributed by atoms with Gasteiger partial charge in [-0.2, -0.15) is 0 Å². The first-order valence-corrected chi connectivity index (χ1v) is 20.4. The van der Waals surface area contributed by atoms with Crippen LogP contribution in [0.2, 0.25) is 34.5 Å². The summed E-state index contributed by atoms with van der Waals surface area (Å²) in [5, 5.41) is 0. The summed E-state index contributed by atoms with van der Waals surface area (Å²) < 4.78 is 1.96. The Bertz CT molecular complexity index is 202. The van der Waals surface area contributed by atoms with Gasteiger partial charge in [0.1, 0.15) is 0 Å². The molecule has 0 nitrogen and oxygen atoms in total. The molecule has 96 valence electrons. The van der Waals surface area contributed by atoms with Crippen molar-refractivity contribution in [1.82, 2.24) is 0 Å². The molecule has 2 heteroatoms. The normalized spacial score (nSPS) is 14.3. The van der Waals surface area contributed by atoms with E-state index in [-0.39, 0.29) is 0 Å². The van der Waals surface area contributed by atoms with Gasteiger partial charge in [-0.25, -0.2) is 0 Å². The van der Waals surface area contributed by atoms with E-state index in [1.807, 2.05) is 3.21 Å². The molecule has 0 aromatic heterocycles. The van der Waals surface area contributed by atoms with E-state index >= 15 is 0 Å². The van der Waals surface area contributed by atoms with E-state index in [2.05, 4.69) is 47.5 Å². The van der Waals surface area contributed by atoms with Gasteiger partial charge >= 0.3 is 109 Å². The minimum atomic E-state index is -1.80. The Labute approximate surface area is 109 Å². The third kappa shape index (κ3) is 7.15. The zero-order chi connectivity index (χ0) is 12.8. The number of rotatable bonds is 7. The van der Waals surface area contributed by atoms with Crippen LogP contribution in [0.4, 0.5) is 0 Å². The fourth-order valence-electron chi connectivity index (χ4n) is 2.55. The second-order valence-corrected chi connectivity index (χ2v) is 27.8. The predicted molar refractivity (Wildman–Crippen MR) is 83.5 cm³/mol. The first-order valence-electron chi connectivity index (χ1n) is 6.90. The van der Waals surface area contributed by atoms with Crippen LogP contribution in [0.3, 0.4) is 0 Å². The van der Waals surface area contributed by atoms with Crippen LogP contribution in [0.15, 0.2) is 9.29 Å². The van der Waals surface area contributed by atoms with Gasteiger partial charge in [0.2, 0.25) is 0 Å². The molecule has 0 bridgehead atoms. The van der Waals surface area contributed by atoms with Crippen molar-refractivity contribution in [3.05, 3.63) is 9.29 Å². The van der Waals surface area contributed by atoms with E-state index < -0.39 is 26.5 Å². The average molecular weight is 347 g/mol. The number of allylic oxidation sites excluding steroid dienone is 1. The quantitative estimate of drug-likeness (QED) is 0.413. The van der Waals surface area contributed by atoms with Crippen molar-refractivity contribution < 1.29 is 0 Å². The zero-order valence-electron chi connectivity index (χ0n) is 12.6. The molecule has 0 aliphatic carbocycles. The fraction of sp³-hybridized carbons (Fsp3) is 0.857. The molecule has 0 aromatic rings. The number of hydrogen-bond donors (Lipinski definition) is 0. The molecule has 0 heterocycles. The van der Waals surface area contributed by atoms with E-state index in [1.54, 1.807) is 0 Å². The average Bonchev–Trinajstić information content (AvgIpc) is 2.06. The van der Waals surface area contributed by atoms with Crippen molar-refractivity contribution in [2.45, 2.75) is 73.5 Å². The van der Waals surface area contributed by atoms with Crippen LogP contribution in [0.5, 0.6) is 0 Å². The molecule has 0 saturated carbocycles. The van der Waals surface area contributed by atoms with Gasteiger partial charge in [-0.15, -0.1) is 0 Å². The van der Waals surface area contributed by atoms with Crippen LogP contribution in [0, 0.1) is 0 Å². The van der Waals surface area contributed by atoms with Crippen molar-refractivity contribution in [1.29, 1.82) is 0 Å². The molecule has 0 unspecified atom stereocenters. The monoisotopic (exact) mass is 348 g/mol. The van der Waals surface area contributed by atoms with E-state index in [0.717, 1.165) is 0 Å². The maximum atomic E-state index is 2.65. The summed E-state index contributed by atoms with van der Waals surface area (Å²) in [6.07, 6.45) is 9.58. The van der Waals surface area contributed by atoms with Crippen LogP contribution < -0.4 is 0 Å². The summed E-state index contributed by atoms with van der Waals surface area (Å²) in [4.78, 5) is 7.72. The van der Waals surface area contributed by atoms with Gasteiger partial charge in [-0.3, -0.25) is 0 Å². The third-order valence-electron chi connectivity index (χ3n) is 3.02. The Morgan fingerprint density at radius 1 is 1.00 bits per heavy atom. The molecule has 0 N–H and O–H groups in total. The van der Waals surface area contributed by atoms with Crippen LogP contribution in [0.25, 0.3) is 0 Å². The van der Waals surface area contributed by atoms with Crippen LogP contribution in [-0.2, 0) is 0 Å². The van der Waals surface area contributed by atoms with Gasteiger partial charge in [0.25, 0.3) is 0 Å². The molecule has 0 fully saturated rings. The summed E-state index contributed by atoms with van der Waals surface area (Å²) >= 11 is -1.80. The van der Waals surface area contributed by atoms with Crippen LogP contribution >= 0.6 is 0 Å². The second kappa shape index (κ2) is 7.25. The molecule has 0 radical (unpaired) electrons. The summed E-state index contributed by atoms with van der Waals surface area (Å²) in [6, 6.07) is 0. The Morgan fingerprint density at radius 2 is 1.56 bits per heavy atom. The van der Waals surface area contributed by atoms with Crippen molar-refractivity contribution >= 4 is 26.5 Å². The van der Waals surface area contributed by atoms with Crippen molar-refractivity contribution in [3.63, 3.8) is 0 Å². The van der Waals surface area contributed by atoms with Gasteiger partial charge in [0.15, 0.2) is 0 Å². The topological polar surface area (TPSA) is 0 Å². The molecule has 0 aromatic carbocycles. The predicted octanol–water partition coefficient (Wildman–Crippen LogP) is 5.64. The van der Waals surface area contributed by atoms with Crippen molar-refractivity contribution in [2.75, 3.05) is 0 Å².